The Balaban J connectivity index is 1.53. The van der Waals surface area contributed by atoms with Gasteiger partial charge in [-0.25, -0.2) is 4.98 Å². The molecule has 3 rings (SSSR count). The van der Waals surface area contributed by atoms with Crippen LogP contribution in [0, 0.1) is 11.8 Å². The summed E-state index contributed by atoms with van der Waals surface area (Å²) in [6.45, 7) is 3.96. The second-order valence-electron chi connectivity index (χ2n) is 6.51. The van der Waals surface area contributed by atoms with Gasteiger partial charge in [-0.2, -0.15) is 0 Å². The lowest BCUT2D eigenvalue weighted by Gasteiger charge is -2.33. The lowest BCUT2D eigenvalue weighted by molar-refractivity contribution is 0.0521. The zero-order valence-corrected chi connectivity index (χ0v) is 13.1. The van der Waals surface area contributed by atoms with E-state index in [2.05, 4.69) is 4.98 Å². The average Bonchev–Trinajstić information content (AvgIpc) is 3.37. The minimum absolute atomic E-state index is 0.0188. The van der Waals surface area contributed by atoms with E-state index in [0.29, 0.717) is 36.4 Å². The van der Waals surface area contributed by atoms with Crippen LogP contribution in [-0.4, -0.2) is 46.7 Å². The number of rotatable bonds is 5. The highest BCUT2D eigenvalue weighted by atomic mass is 16.5. The molecule has 1 aromatic heterocycles. The summed E-state index contributed by atoms with van der Waals surface area (Å²) in [5.74, 6) is 1.61. The van der Waals surface area contributed by atoms with E-state index in [0.717, 1.165) is 19.4 Å². The molecule has 2 aliphatic rings. The zero-order valence-electron chi connectivity index (χ0n) is 13.1. The molecule has 0 spiro atoms. The van der Waals surface area contributed by atoms with Crippen LogP contribution in [0.25, 0.3) is 0 Å². The van der Waals surface area contributed by atoms with E-state index in [1.807, 2.05) is 11.8 Å². The van der Waals surface area contributed by atoms with E-state index >= 15 is 0 Å². The summed E-state index contributed by atoms with van der Waals surface area (Å²) in [5.41, 5.74) is 0.606. The van der Waals surface area contributed by atoms with Crippen LogP contribution in [0.15, 0.2) is 18.3 Å². The molecule has 1 aliphatic heterocycles. The van der Waals surface area contributed by atoms with Crippen LogP contribution >= 0.6 is 0 Å². The molecule has 1 aliphatic carbocycles. The lowest BCUT2D eigenvalue weighted by atomic mass is 9.92. The largest absolute Gasteiger partial charge is 0.477 e. The van der Waals surface area contributed by atoms with E-state index in [9.17, 15) is 9.90 Å². The molecule has 1 unspecified atom stereocenters. The van der Waals surface area contributed by atoms with E-state index < -0.39 is 0 Å². The first-order valence-electron chi connectivity index (χ1n) is 8.19. The highest BCUT2D eigenvalue weighted by molar-refractivity contribution is 5.94. The third-order valence-corrected chi connectivity index (χ3v) is 4.66. The SMILES string of the molecule is CC(O)C1CCN(C(=O)c2ccc(OCC3CC3)nc2)CC1. The zero-order chi connectivity index (χ0) is 15.5. The second-order valence-corrected chi connectivity index (χ2v) is 6.51. The number of carbonyl (C=O) groups is 1. The molecular formula is C17H24N2O3. The van der Waals surface area contributed by atoms with Gasteiger partial charge in [0.25, 0.3) is 5.91 Å². The van der Waals surface area contributed by atoms with E-state index in [1.54, 1.807) is 18.3 Å². The van der Waals surface area contributed by atoms with Crippen molar-refractivity contribution in [1.82, 2.24) is 9.88 Å². The number of aliphatic hydroxyl groups excluding tert-OH is 1. The smallest absolute Gasteiger partial charge is 0.255 e. The Hall–Kier alpha value is -1.62. The number of hydrogen-bond acceptors (Lipinski definition) is 4. The van der Waals surface area contributed by atoms with Crippen molar-refractivity contribution in [2.75, 3.05) is 19.7 Å². The highest BCUT2D eigenvalue weighted by Gasteiger charge is 2.26. The minimum Gasteiger partial charge on any atom is -0.477 e. The summed E-state index contributed by atoms with van der Waals surface area (Å²) in [4.78, 5) is 18.5. The summed E-state index contributed by atoms with van der Waals surface area (Å²) in [6, 6.07) is 3.57. The quantitative estimate of drug-likeness (QED) is 0.905. The predicted molar refractivity (Wildman–Crippen MR) is 82.8 cm³/mol. The molecule has 1 atom stereocenters. The molecule has 2 fully saturated rings. The number of nitrogens with zero attached hydrogens (tertiary/aromatic N) is 2. The highest BCUT2D eigenvalue weighted by Crippen LogP contribution is 2.29. The average molecular weight is 304 g/mol. The number of likely N-dealkylation sites (tertiary alicyclic amines) is 1. The number of pyridine rings is 1. The van der Waals surface area contributed by atoms with Crippen LogP contribution in [0.3, 0.4) is 0 Å². The van der Waals surface area contributed by atoms with E-state index in [-0.39, 0.29) is 12.0 Å². The van der Waals surface area contributed by atoms with Crippen molar-refractivity contribution in [3.63, 3.8) is 0 Å². The molecule has 1 saturated heterocycles. The van der Waals surface area contributed by atoms with Gasteiger partial charge in [-0.1, -0.05) is 0 Å². The van der Waals surface area contributed by atoms with Crippen molar-refractivity contribution in [1.29, 1.82) is 0 Å². The van der Waals surface area contributed by atoms with Crippen LogP contribution in [0.5, 0.6) is 5.88 Å². The standard InChI is InChI=1S/C17H24N2O3/c1-12(20)14-6-8-19(9-7-14)17(21)15-4-5-16(18-10-15)22-11-13-2-3-13/h4-5,10,12-14,20H,2-3,6-9,11H2,1H3. The Morgan fingerprint density at radius 2 is 2.09 bits per heavy atom. The van der Waals surface area contributed by atoms with Gasteiger partial charge in [0.1, 0.15) is 0 Å². The van der Waals surface area contributed by atoms with Crippen molar-refractivity contribution in [3.8, 4) is 5.88 Å². The lowest BCUT2D eigenvalue weighted by Crippen LogP contribution is -2.40. The Bertz CT molecular complexity index is 503. The van der Waals surface area contributed by atoms with Crippen molar-refractivity contribution >= 4 is 5.91 Å². The number of ether oxygens (including phenoxy) is 1. The molecule has 0 bridgehead atoms. The number of piperidine rings is 1. The van der Waals surface area contributed by atoms with Gasteiger partial charge in [-0.15, -0.1) is 0 Å². The molecule has 120 valence electrons. The first-order valence-corrected chi connectivity index (χ1v) is 8.19. The molecule has 2 heterocycles. The van der Waals surface area contributed by atoms with E-state index in [1.165, 1.54) is 12.8 Å². The summed E-state index contributed by atoms with van der Waals surface area (Å²) in [5, 5.41) is 9.62. The first kappa shape index (κ1) is 15.3. The fraction of sp³-hybridized carbons (Fsp3) is 0.647. The molecular weight excluding hydrogens is 280 g/mol. The van der Waals surface area contributed by atoms with Gasteiger partial charge >= 0.3 is 0 Å². The van der Waals surface area contributed by atoms with Crippen molar-refractivity contribution in [2.45, 2.75) is 38.7 Å². The van der Waals surface area contributed by atoms with Crippen LogP contribution in [-0.2, 0) is 0 Å². The molecule has 1 N–H and O–H groups in total. The first-order chi connectivity index (χ1) is 10.6. The number of hydrogen-bond donors (Lipinski definition) is 1. The Morgan fingerprint density at radius 1 is 1.36 bits per heavy atom. The Morgan fingerprint density at radius 3 is 2.64 bits per heavy atom. The third kappa shape index (κ3) is 3.77. The molecule has 1 amide bonds. The second kappa shape index (κ2) is 6.65. The van der Waals surface area contributed by atoms with Crippen molar-refractivity contribution in [3.05, 3.63) is 23.9 Å². The summed E-state index contributed by atoms with van der Waals surface area (Å²) < 4.78 is 5.59. The fourth-order valence-corrected chi connectivity index (χ4v) is 2.85. The van der Waals surface area contributed by atoms with Crippen molar-refractivity contribution < 1.29 is 14.6 Å². The monoisotopic (exact) mass is 304 g/mol. The van der Waals surface area contributed by atoms with Gasteiger partial charge in [-0.05, 0) is 50.5 Å². The van der Waals surface area contributed by atoms with Crippen LogP contribution in [0.1, 0.15) is 43.0 Å². The number of aliphatic hydroxyl groups is 1. The normalized spacial score (nSPS) is 20.7. The van der Waals surface area contributed by atoms with Crippen LogP contribution in [0.2, 0.25) is 0 Å². The molecule has 1 aromatic rings. The van der Waals surface area contributed by atoms with Gasteiger partial charge < -0.3 is 14.7 Å². The van der Waals surface area contributed by atoms with Crippen molar-refractivity contribution in [2.24, 2.45) is 11.8 Å². The molecule has 0 radical (unpaired) electrons. The fourth-order valence-electron chi connectivity index (χ4n) is 2.85. The van der Waals surface area contributed by atoms with E-state index in [4.69, 9.17) is 4.74 Å². The Labute approximate surface area is 131 Å². The molecule has 1 saturated carbocycles. The van der Waals surface area contributed by atoms with Gasteiger partial charge in [0, 0.05) is 25.4 Å². The number of carbonyl (C=O) groups excluding carboxylic acids is 1. The number of amides is 1. The maximum Gasteiger partial charge on any atom is 0.255 e. The molecule has 5 heteroatoms. The maximum absolute atomic E-state index is 12.4. The summed E-state index contributed by atoms with van der Waals surface area (Å²) in [6.07, 6.45) is 5.53. The molecule has 5 nitrogen and oxygen atoms in total. The topological polar surface area (TPSA) is 62.7 Å². The van der Waals surface area contributed by atoms with Gasteiger partial charge in [0.15, 0.2) is 0 Å². The summed E-state index contributed by atoms with van der Waals surface area (Å²) in [7, 11) is 0. The Kier molecular flexibility index (Phi) is 4.62. The minimum atomic E-state index is -0.290. The van der Waals surface area contributed by atoms with Gasteiger partial charge in [0.05, 0.1) is 18.3 Å². The molecule has 0 aromatic carbocycles. The van der Waals surface area contributed by atoms with Crippen LogP contribution in [0.4, 0.5) is 0 Å². The number of aromatic nitrogens is 1. The molecule has 22 heavy (non-hydrogen) atoms. The van der Waals surface area contributed by atoms with Crippen LogP contribution < -0.4 is 4.74 Å². The van der Waals surface area contributed by atoms with Gasteiger partial charge in [0.2, 0.25) is 5.88 Å². The third-order valence-electron chi connectivity index (χ3n) is 4.66. The maximum atomic E-state index is 12.4. The summed E-state index contributed by atoms with van der Waals surface area (Å²) >= 11 is 0. The predicted octanol–water partition coefficient (Wildman–Crippen LogP) is 2.10. The van der Waals surface area contributed by atoms with Gasteiger partial charge in [-0.3, -0.25) is 4.79 Å².